The first-order valence-corrected chi connectivity index (χ1v) is 8.99. The molecule has 0 bridgehead atoms. The summed E-state index contributed by atoms with van der Waals surface area (Å²) in [6.07, 6.45) is 1.09. The van der Waals surface area contributed by atoms with Gasteiger partial charge in [-0.15, -0.1) is 12.4 Å². The van der Waals surface area contributed by atoms with E-state index in [1.54, 1.807) is 19.1 Å². The van der Waals surface area contributed by atoms with Crippen molar-refractivity contribution in [2.24, 2.45) is 0 Å². The molecule has 0 fully saturated rings. The van der Waals surface area contributed by atoms with Crippen molar-refractivity contribution in [3.8, 4) is 0 Å². The van der Waals surface area contributed by atoms with Crippen LogP contribution in [-0.4, -0.2) is 20.6 Å². The zero-order chi connectivity index (χ0) is 17.0. The average molecular weight is 370 g/mol. The number of rotatable bonds is 5. The van der Waals surface area contributed by atoms with E-state index >= 15 is 0 Å². The lowest BCUT2D eigenvalue weighted by atomic mass is 10.0. The van der Waals surface area contributed by atoms with Crippen LogP contribution in [0.2, 0.25) is 0 Å². The highest BCUT2D eigenvalue weighted by molar-refractivity contribution is 7.90. The quantitative estimate of drug-likeness (QED) is 0.646. The van der Waals surface area contributed by atoms with Gasteiger partial charge >= 0.3 is 5.97 Å². The summed E-state index contributed by atoms with van der Waals surface area (Å²) < 4.78 is 28.6. The minimum atomic E-state index is -3.42. The van der Waals surface area contributed by atoms with Crippen LogP contribution in [0.5, 0.6) is 0 Å². The van der Waals surface area contributed by atoms with Crippen LogP contribution in [0.4, 0.5) is 5.69 Å². The number of carbonyl (C=O) groups excluding carboxylic acids is 1. The van der Waals surface area contributed by atoms with Gasteiger partial charge in [0.15, 0.2) is 9.84 Å². The van der Waals surface area contributed by atoms with Gasteiger partial charge in [-0.2, -0.15) is 0 Å². The largest absolute Gasteiger partial charge is 0.460 e. The first-order chi connectivity index (χ1) is 10.8. The number of hydrogen-bond donors (Lipinski definition) is 1. The zero-order valence-corrected chi connectivity index (χ0v) is 15.1. The van der Waals surface area contributed by atoms with Crippen molar-refractivity contribution in [1.29, 1.82) is 0 Å². The van der Waals surface area contributed by atoms with Gasteiger partial charge < -0.3 is 10.5 Å². The molecule has 2 N–H and O–H groups in total. The molecule has 2 aromatic rings. The van der Waals surface area contributed by atoms with Gasteiger partial charge in [0, 0.05) is 11.8 Å². The highest BCUT2D eigenvalue weighted by Crippen LogP contribution is 2.24. The second kappa shape index (κ2) is 8.17. The molecule has 0 radical (unpaired) electrons. The van der Waals surface area contributed by atoms with Gasteiger partial charge in [-0.25, -0.2) is 8.42 Å². The molecule has 1 unspecified atom stereocenters. The molecule has 0 aromatic heterocycles. The molecular formula is C17H20ClNO4S. The number of para-hydroxylation sites is 1. The fourth-order valence-corrected chi connectivity index (χ4v) is 3.05. The van der Waals surface area contributed by atoms with Gasteiger partial charge in [0.25, 0.3) is 0 Å². The first kappa shape index (κ1) is 20.0. The number of nitrogens with two attached hydrogens (primary N) is 1. The first-order valence-electron chi connectivity index (χ1n) is 7.09. The maximum Gasteiger partial charge on any atom is 0.313 e. The van der Waals surface area contributed by atoms with Gasteiger partial charge in [-0.05, 0) is 18.6 Å². The molecule has 5 nitrogen and oxygen atoms in total. The molecule has 0 heterocycles. The van der Waals surface area contributed by atoms with E-state index in [0.717, 1.165) is 11.8 Å². The van der Waals surface area contributed by atoms with Crippen LogP contribution in [0.15, 0.2) is 53.4 Å². The van der Waals surface area contributed by atoms with Crippen molar-refractivity contribution in [3.63, 3.8) is 0 Å². The fraction of sp³-hybridized carbons (Fsp3) is 0.235. The summed E-state index contributed by atoms with van der Waals surface area (Å²) in [6.45, 7) is 1.69. The Morgan fingerprint density at radius 1 is 1.12 bits per heavy atom. The Balaban J connectivity index is 0.00000288. The topological polar surface area (TPSA) is 86.5 Å². The number of sulfone groups is 1. The SMILES string of the molecule is CC(C(=O)OCc1cccc(S(C)(=O)=O)c1N)c1ccccc1.Cl. The molecule has 0 aliphatic carbocycles. The van der Waals surface area contributed by atoms with E-state index in [2.05, 4.69) is 0 Å². The summed E-state index contributed by atoms with van der Waals surface area (Å²) in [6, 6.07) is 13.9. The molecule has 1 atom stereocenters. The fourth-order valence-electron chi connectivity index (χ4n) is 2.19. The standard InChI is InChI=1S/C17H19NO4S.ClH/c1-12(13-7-4-3-5-8-13)17(19)22-11-14-9-6-10-15(16(14)18)23(2,20)21;/h3-10,12H,11,18H2,1-2H3;1H. The van der Waals surface area contributed by atoms with Crippen LogP contribution < -0.4 is 5.73 Å². The van der Waals surface area contributed by atoms with Gasteiger partial charge in [0.1, 0.15) is 6.61 Å². The molecule has 24 heavy (non-hydrogen) atoms. The Hall–Kier alpha value is -2.05. The zero-order valence-electron chi connectivity index (χ0n) is 13.4. The predicted octanol–water partition coefficient (Wildman–Crippen LogP) is 2.94. The van der Waals surface area contributed by atoms with Crippen LogP contribution in [0, 0.1) is 0 Å². The minimum Gasteiger partial charge on any atom is -0.460 e. The maximum absolute atomic E-state index is 12.1. The number of benzene rings is 2. The number of halogens is 1. The van der Waals surface area contributed by atoms with Gasteiger partial charge in [-0.1, -0.05) is 42.5 Å². The lowest BCUT2D eigenvalue weighted by Gasteiger charge is -2.14. The highest BCUT2D eigenvalue weighted by Gasteiger charge is 2.18. The predicted molar refractivity (Wildman–Crippen MR) is 95.9 cm³/mol. The molecule has 0 aliphatic heterocycles. The van der Waals surface area contributed by atoms with Gasteiger partial charge in [-0.3, -0.25) is 4.79 Å². The summed E-state index contributed by atoms with van der Waals surface area (Å²) >= 11 is 0. The van der Waals surface area contributed by atoms with Crippen molar-refractivity contribution >= 4 is 33.9 Å². The third-order valence-electron chi connectivity index (χ3n) is 3.58. The van der Waals surface area contributed by atoms with Gasteiger partial charge in [0.05, 0.1) is 16.5 Å². The Bertz CT molecular complexity index is 807. The summed E-state index contributed by atoms with van der Waals surface area (Å²) in [5, 5.41) is 0. The van der Waals surface area contributed by atoms with Crippen molar-refractivity contribution < 1.29 is 17.9 Å². The summed E-state index contributed by atoms with van der Waals surface area (Å²) in [4.78, 5) is 12.2. The summed E-state index contributed by atoms with van der Waals surface area (Å²) in [7, 11) is -3.42. The maximum atomic E-state index is 12.1. The van der Waals surface area contributed by atoms with E-state index in [9.17, 15) is 13.2 Å². The van der Waals surface area contributed by atoms with E-state index < -0.39 is 15.8 Å². The number of nitrogen functional groups attached to an aromatic ring is 1. The molecule has 0 saturated carbocycles. The third kappa shape index (κ3) is 4.72. The Labute approximate surface area is 148 Å². The second-order valence-corrected chi connectivity index (χ2v) is 7.33. The molecule has 0 saturated heterocycles. The molecule has 2 rings (SSSR count). The smallest absolute Gasteiger partial charge is 0.313 e. The highest BCUT2D eigenvalue weighted by atomic mass is 35.5. The number of anilines is 1. The summed E-state index contributed by atoms with van der Waals surface area (Å²) in [5.41, 5.74) is 7.32. The molecular weight excluding hydrogens is 350 g/mol. The monoisotopic (exact) mass is 369 g/mol. The van der Waals surface area contributed by atoms with Crippen molar-refractivity contribution in [2.75, 3.05) is 12.0 Å². The van der Waals surface area contributed by atoms with E-state index in [1.165, 1.54) is 6.07 Å². The van der Waals surface area contributed by atoms with Crippen LogP contribution in [0.25, 0.3) is 0 Å². The minimum absolute atomic E-state index is 0. The van der Waals surface area contributed by atoms with Crippen LogP contribution in [0.1, 0.15) is 24.0 Å². The van der Waals surface area contributed by atoms with Gasteiger partial charge in [0.2, 0.25) is 0 Å². The molecule has 0 aliphatic rings. The Kier molecular flexibility index (Phi) is 6.81. The molecule has 2 aromatic carbocycles. The van der Waals surface area contributed by atoms with E-state index in [1.807, 2.05) is 30.3 Å². The lowest BCUT2D eigenvalue weighted by molar-refractivity contribution is -0.146. The van der Waals surface area contributed by atoms with Crippen LogP contribution in [0.3, 0.4) is 0 Å². The molecule has 7 heteroatoms. The normalized spacial score (nSPS) is 12.1. The van der Waals surface area contributed by atoms with Crippen molar-refractivity contribution in [1.82, 2.24) is 0 Å². The second-order valence-electron chi connectivity index (χ2n) is 5.34. The third-order valence-corrected chi connectivity index (χ3v) is 4.73. The van der Waals surface area contributed by atoms with E-state index in [0.29, 0.717) is 5.56 Å². The summed E-state index contributed by atoms with van der Waals surface area (Å²) in [5.74, 6) is -0.795. The number of hydrogen-bond acceptors (Lipinski definition) is 5. The van der Waals surface area contributed by atoms with Crippen LogP contribution in [-0.2, 0) is 26.0 Å². The van der Waals surface area contributed by atoms with Crippen molar-refractivity contribution in [2.45, 2.75) is 24.3 Å². The van der Waals surface area contributed by atoms with E-state index in [4.69, 9.17) is 10.5 Å². The van der Waals surface area contributed by atoms with Crippen molar-refractivity contribution in [3.05, 3.63) is 59.7 Å². The number of carbonyl (C=O) groups is 1. The molecule has 130 valence electrons. The lowest BCUT2D eigenvalue weighted by Crippen LogP contribution is -2.14. The average Bonchev–Trinajstić information content (AvgIpc) is 2.52. The van der Waals surface area contributed by atoms with Crippen LogP contribution >= 0.6 is 12.4 Å². The number of ether oxygens (including phenoxy) is 1. The Morgan fingerprint density at radius 3 is 2.33 bits per heavy atom. The number of esters is 1. The van der Waals surface area contributed by atoms with E-state index in [-0.39, 0.29) is 35.6 Å². The molecule has 0 amide bonds. The Morgan fingerprint density at radius 2 is 1.75 bits per heavy atom. The molecule has 0 spiro atoms.